The molecule has 0 saturated carbocycles. The van der Waals surface area contributed by atoms with E-state index in [1.54, 1.807) is 18.6 Å². The Morgan fingerprint density at radius 2 is 2.12 bits per heavy atom. The second-order valence-electron chi connectivity index (χ2n) is 3.17. The highest BCUT2D eigenvalue weighted by atomic mass is 15.0. The van der Waals surface area contributed by atoms with Crippen molar-refractivity contribution in [1.82, 2.24) is 9.97 Å². The highest BCUT2D eigenvalue weighted by Gasteiger charge is 1.97. The van der Waals surface area contributed by atoms with Crippen LogP contribution in [-0.4, -0.2) is 16.2 Å². The van der Waals surface area contributed by atoms with Crippen LogP contribution in [0.1, 0.15) is 39.3 Å². The fourth-order valence-corrected chi connectivity index (χ4v) is 0.882. The first kappa shape index (κ1) is 14.4. The molecule has 3 heteroatoms. The summed E-state index contributed by atoms with van der Waals surface area (Å²) in [6.45, 7) is 9.88. The Morgan fingerprint density at radius 3 is 2.69 bits per heavy atom. The van der Waals surface area contributed by atoms with Crippen molar-refractivity contribution in [3.63, 3.8) is 0 Å². The Labute approximate surface area is 98.0 Å². The number of aromatic nitrogens is 2. The van der Waals surface area contributed by atoms with Crippen molar-refractivity contribution >= 4 is 18.1 Å². The normalized spacial score (nSPS) is 10.4. The number of hydrogen-bond donors (Lipinski definition) is 1. The average molecular weight is 219 g/mol. The summed E-state index contributed by atoms with van der Waals surface area (Å²) < 4.78 is 0. The molecule has 1 rings (SSSR count). The molecule has 1 heterocycles. The number of nitrogens with zero attached hydrogens (tertiary/aromatic N) is 2. The zero-order valence-electron chi connectivity index (χ0n) is 10.4. The zero-order chi connectivity index (χ0) is 12.2. The fraction of sp³-hybridized carbons (Fsp3) is 0.385. The second-order valence-corrected chi connectivity index (χ2v) is 3.17. The van der Waals surface area contributed by atoms with Crippen LogP contribution in [0.3, 0.4) is 0 Å². The standard InChI is InChI=1S/C10H13N3.C3H8/c1-3-5-6-9-10(11-7-4-2)13-8-12-9;1-3-2/h4-8H,2-3H2,1H3,(H,12,13);3H2,1-2H3/b6-5+,11-7-;. The molecule has 0 atom stereocenters. The van der Waals surface area contributed by atoms with Crippen molar-refractivity contribution < 1.29 is 0 Å². The van der Waals surface area contributed by atoms with Gasteiger partial charge in [0, 0.05) is 6.21 Å². The lowest BCUT2D eigenvalue weighted by atomic mass is 10.3. The second kappa shape index (κ2) is 9.90. The van der Waals surface area contributed by atoms with Gasteiger partial charge in [-0.2, -0.15) is 0 Å². The Kier molecular flexibility index (Phi) is 8.88. The summed E-state index contributed by atoms with van der Waals surface area (Å²) in [5, 5.41) is 0. The molecule has 0 aliphatic carbocycles. The van der Waals surface area contributed by atoms with E-state index in [4.69, 9.17) is 0 Å². The maximum Gasteiger partial charge on any atom is 0.177 e. The van der Waals surface area contributed by atoms with E-state index in [-0.39, 0.29) is 0 Å². The molecule has 16 heavy (non-hydrogen) atoms. The summed E-state index contributed by atoms with van der Waals surface area (Å²) in [7, 11) is 0. The van der Waals surface area contributed by atoms with Crippen LogP contribution in [0.5, 0.6) is 0 Å². The Bertz CT molecular complexity index is 335. The summed E-state index contributed by atoms with van der Waals surface area (Å²) in [5.74, 6) is 0.699. The van der Waals surface area contributed by atoms with Gasteiger partial charge in [0.05, 0.1) is 12.0 Å². The van der Waals surface area contributed by atoms with E-state index in [9.17, 15) is 0 Å². The lowest BCUT2D eigenvalue weighted by molar-refractivity contribution is 1.09. The van der Waals surface area contributed by atoms with E-state index < -0.39 is 0 Å². The molecule has 1 aromatic heterocycles. The van der Waals surface area contributed by atoms with Crippen LogP contribution < -0.4 is 0 Å². The first-order valence-corrected chi connectivity index (χ1v) is 5.65. The molecule has 1 aromatic rings. The predicted octanol–water partition coefficient (Wildman–Crippen LogP) is 4.14. The summed E-state index contributed by atoms with van der Waals surface area (Å²) in [6, 6.07) is 0. The number of allylic oxidation sites excluding steroid dienone is 2. The lowest BCUT2D eigenvalue weighted by Gasteiger charge is -1.88. The van der Waals surface area contributed by atoms with Crippen LogP contribution in [0.25, 0.3) is 6.08 Å². The smallest absolute Gasteiger partial charge is 0.177 e. The van der Waals surface area contributed by atoms with Crippen LogP contribution >= 0.6 is 0 Å². The Hall–Kier alpha value is -1.64. The van der Waals surface area contributed by atoms with Gasteiger partial charge in [-0.1, -0.05) is 45.9 Å². The monoisotopic (exact) mass is 219 g/mol. The van der Waals surface area contributed by atoms with Crippen molar-refractivity contribution in [2.75, 3.05) is 0 Å². The largest absolute Gasteiger partial charge is 0.343 e. The minimum Gasteiger partial charge on any atom is -0.343 e. The molecule has 0 spiro atoms. The molecule has 0 saturated heterocycles. The molecule has 0 aromatic carbocycles. The third-order valence-corrected chi connectivity index (χ3v) is 1.47. The molecule has 1 N–H and O–H groups in total. The number of nitrogens with one attached hydrogen (secondary N) is 1. The lowest BCUT2D eigenvalue weighted by Crippen LogP contribution is -1.72. The van der Waals surface area contributed by atoms with Gasteiger partial charge in [0.1, 0.15) is 0 Å². The Morgan fingerprint density at radius 1 is 1.44 bits per heavy atom. The third-order valence-electron chi connectivity index (χ3n) is 1.47. The molecule has 88 valence electrons. The van der Waals surface area contributed by atoms with Crippen molar-refractivity contribution in [3.05, 3.63) is 30.8 Å². The van der Waals surface area contributed by atoms with Crippen molar-refractivity contribution in [1.29, 1.82) is 0 Å². The number of H-pyrrole nitrogens is 1. The minimum atomic E-state index is 0.699. The molecule has 0 unspecified atom stereocenters. The number of aliphatic imine (C=N–C) groups is 1. The molecule has 0 aliphatic heterocycles. The van der Waals surface area contributed by atoms with Crippen molar-refractivity contribution in [3.8, 4) is 0 Å². The molecule has 0 amide bonds. The number of rotatable bonds is 4. The average Bonchev–Trinajstić information content (AvgIpc) is 2.72. The fourth-order valence-electron chi connectivity index (χ4n) is 0.882. The van der Waals surface area contributed by atoms with Gasteiger partial charge in [0.2, 0.25) is 0 Å². The van der Waals surface area contributed by atoms with Crippen LogP contribution in [-0.2, 0) is 0 Å². The summed E-state index contributed by atoms with van der Waals surface area (Å²) in [6.07, 6.45) is 11.2. The van der Waals surface area contributed by atoms with E-state index >= 15 is 0 Å². The molecule has 3 nitrogen and oxygen atoms in total. The van der Waals surface area contributed by atoms with Crippen LogP contribution in [0.2, 0.25) is 0 Å². The van der Waals surface area contributed by atoms with E-state index in [0.29, 0.717) is 5.82 Å². The maximum absolute atomic E-state index is 4.10. The highest BCUT2D eigenvalue weighted by Crippen LogP contribution is 2.14. The molecule has 0 fully saturated rings. The van der Waals surface area contributed by atoms with Gasteiger partial charge in [-0.25, -0.2) is 9.98 Å². The molecule has 0 radical (unpaired) electrons. The molecular weight excluding hydrogens is 198 g/mol. The van der Waals surface area contributed by atoms with Crippen LogP contribution in [0.15, 0.2) is 30.1 Å². The number of aromatic amines is 1. The SMILES string of the molecule is C=C/C=N\c1nc[nH]c1/C=C/CC.CCC. The van der Waals surface area contributed by atoms with E-state index in [2.05, 4.69) is 48.4 Å². The van der Waals surface area contributed by atoms with Crippen LogP contribution in [0, 0.1) is 0 Å². The maximum atomic E-state index is 4.10. The molecule has 0 aliphatic rings. The van der Waals surface area contributed by atoms with Crippen molar-refractivity contribution in [2.24, 2.45) is 4.99 Å². The highest BCUT2D eigenvalue weighted by molar-refractivity contribution is 5.74. The van der Waals surface area contributed by atoms with E-state index in [0.717, 1.165) is 12.1 Å². The summed E-state index contributed by atoms with van der Waals surface area (Å²) in [4.78, 5) is 11.2. The topological polar surface area (TPSA) is 41.0 Å². The molecular formula is C13H21N3. The number of imidazole rings is 1. The minimum absolute atomic E-state index is 0.699. The van der Waals surface area contributed by atoms with Crippen LogP contribution in [0.4, 0.5) is 5.82 Å². The van der Waals surface area contributed by atoms with Gasteiger partial charge in [0.15, 0.2) is 5.82 Å². The van der Waals surface area contributed by atoms with Gasteiger partial charge in [-0.05, 0) is 12.5 Å². The quantitative estimate of drug-likeness (QED) is 0.760. The Balaban J connectivity index is 0.000000673. The van der Waals surface area contributed by atoms with Gasteiger partial charge in [0.25, 0.3) is 0 Å². The molecule has 0 bridgehead atoms. The van der Waals surface area contributed by atoms with Gasteiger partial charge in [-0.15, -0.1) is 0 Å². The first-order valence-electron chi connectivity index (χ1n) is 5.65. The zero-order valence-corrected chi connectivity index (χ0v) is 10.4. The van der Waals surface area contributed by atoms with Gasteiger partial charge in [-0.3, -0.25) is 0 Å². The first-order chi connectivity index (χ1) is 7.79. The third kappa shape index (κ3) is 5.96. The van der Waals surface area contributed by atoms with E-state index in [1.165, 1.54) is 6.42 Å². The van der Waals surface area contributed by atoms with E-state index in [1.807, 2.05) is 6.08 Å². The predicted molar refractivity (Wildman–Crippen MR) is 72.2 cm³/mol. The summed E-state index contributed by atoms with van der Waals surface area (Å²) in [5.41, 5.74) is 0.931. The number of hydrogen-bond acceptors (Lipinski definition) is 2. The van der Waals surface area contributed by atoms with Gasteiger partial charge >= 0.3 is 0 Å². The van der Waals surface area contributed by atoms with Gasteiger partial charge < -0.3 is 4.98 Å². The van der Waals surface area contributed by atoms with Crippen molar-refractivity contribution in [2.45, 2.75) is 33.6 Å². The summed E-state index contributed by atoms with van der Waals surface area (Å²) >= 11 is 0.